The summed E-state index contributed by atoms with van der Waals surface area (Å²) in [5.41, 5.74) is 2.42. The Morgan fingerprint density at radius 1 is 1.16 bits per heavy atom. The van der Waals surface area contributed by atoms with Crippen molar-refractivity contribution in [1.29, 1.82) is 0 Å². The molecule has 1 aromatic rings. The van der Waals surface area contributed by atoms with E-state index >= 15 is 0 Å². The van der Waals surface area contributed by atoms with Gasteiger partial charge in [0, 0.05) is 20.1 Å². The summed E-state index contributed by atoms with van der Waals surface area (Å²) in [4.78, 5) is 6.03. The number of hydrogen-bond donors (Lipinski definition) is 2. The van der Waals surface area contributed by atoms with E-state index in [-0.39, 0.29) is 36.6 Å². The molecule has 0 spiro atoms. The molecule has 1 atom stereocenters. The molecule has 0 fully saturated rings. The molecule has 4 nitrogen and oxygen atoms in total. The number of likely N-dealkylation sites (N-methyl/N-ethyl adjacent to an activating group) is 1. The fourth-order valence-corrected chi connectivity index (χ4v) is 2.31. The van der Waals surface area contributed by atoms with Crippen molar-refractivity contribution >= 4 is 29.9 Å². The van der Waals surface area contributed by atoms with E-state index in [1.165, 1.54) is 5.56 Å². The number of hydrogen-bond acceptors (Lipinski definition) is 2. The molecule has 0 aliphatic carbocycles. The molecular formula is C17H28F3IN4. The Labute approximate surface area is 165 Å². The van der Waals surface area contributed by atoms with Crippen molar-refractivity contribution in [2.45, 2.75) is 32.0 Å². The van der Waals surface area contributed by atoms with Crippen LogP contribution in [0.2, 0.25) is 0 Å². The first kappa shape index (κ1) is 24.0. The average Bonchev–Trinajstić information content (AvgIpc) is 2.52. The molecule has 0 aliphatic heterocycles. The van der Waals surface area contributed by atoms with E-state index in [1.807, 2.05) is 14.1 Å². The molecule has 0 aliphatic rings. The van der Waals surface area contributed by atoms with Crippen molar-refractivity contribution in [3.8, 4) is 0 Å². The molecule has 144 valence electrons. The summed E-state index contributed by atoms with van der Waals surface area (Å²) >= 11 is 0. The Balaban J connectivity index is 0.00000576. The fourth-order valence-electron chi connectivity index (χ4n) is 2.31. The number of nitrogens with one attached hydrogen (secondary N) is 2. The second-order valence-corrected chi connectivity index (χ2v) is 5.82. The summed E-state index contributed by atoms with van der Waals surface area (Å²) in [5, 5.41) is 5.78. The highest BCUT2D eigenvalue weighted by Crippen LogP contribution is 2.19. The third-order valence-corrected chi connectivity index (χ3v) is 3.78. The van der Waals surface area contributed by atoms with E-state index in [2.05, 4.69) is 51.7 Å². The number of rotatable bonds is 7. The molecule has 2 N–H and O–H groups in total. The quantitative estimate of drug-likeness (QED) is 0.362. The maximum absolute atomic E-state index is 12.2. The van der Waals surface area contributed by atoms with Gasteiger partial charge in [0.1, 0.15) is 0 Å². The summed E-state index contributed by atoms with van der Waals surface area (Å²) in [6, 6.07) is 8.47. The Kier molecular flexibility index (Phi) is 11.1. The SMILES string of the molecule is CCc1ccc(C(CNC(=NC)NCCC(F)(F)F)N(C)C)cc1.I. The van der Waals surface area contributed by atoms with E-state index in [4.69, 9.17) is 0 Å². The van der Waals surface area contributed by atoms with Crippen LogP contribution in [0.25, 0.3) is 0 Å². The second-order valence-electron chi connectivity index (χ2n) is 5.82. The van der Waals surface area contributed by atoms with Crippen LogP contribution >= 0.6 is 24.0 Å². The third-order valence-electron chi connectivity index (χ3n) is 3.78. The van der Waals surface area contributed by atoms with Crippen LogP contribution in [0.1, 0.15) is 30.5 Å². The maximum Gasteiger partial charge on any atom is 0.390 e. The van der Waals surface area contributed by atoms with Gasteiger partial charge < -0.3 is 15.5 Å². The first-order chi connectivity index (χ1) is 11.3. The topological polar surface area (TPSA) is 39.7 Å². The van der Waals surface area contributed by atoms with Crippen LogP contribution in [0.4, 0.5) is 13.2 Å². The number of benzene rings is 1. The lowest BCUT2D eigenvalue weighted by Crippen LogP contribution is -2.42. The molecule has 0 heterocycles. The normalized spacial score (nSPS) is 13.4. The Bertz CT molecular complexity index is 516. The lowest BCUT2D eigenvalue weighted by molar-refractivity contribution is -0.132. The average molecular weight is 472 g/mol. The molecular weight excluding hydrogens is 444 g/mol. The van der Waals surface area contributed by atoms with Crippen molar-refractivity contribution in [2.24, 2.45) is 4.99 Å². The first-order valence-corrected chi connectivity index (χ1v) is 8.03. The first-order valence-electron chi connectivity index (χ1n) is 8.03. The predicted molar refractivity (Wildman–Crippen MR) is 108 cm³/mol. The number of halogens is 4. The van der Waals surface area contributed by atoms with Crippen molar-refractivity contribution in [2.75, 3.05) is 34.2 Å². The van der Waals surface area contributed by atoms with Gasteiger partial charge in [0.2, 0.25) is 0 Å². The molecule has 25 heavy (non-hydrogen) atoms. The fraction of sp³-hybridized carbons (Fsp3) is 0.588. The van der Waals surface area contributed by atoms with Gasteiger partial charge in [-0.1, -0.05) is 31.2 Å². The zero-order chi connectivity index (χ0) is 18.2. The van der Waals surface area contributed by atoms with Gasteiger partial charge >= 0.3 is 6.18 Å². The van der Waals surface area contributed by atoms with Gasteiger partial charge in [-0.25, -0.2) is 0 Å². The van der Waals surface area contributed by atoms with Crippen molar-refractivity contribution in [3.05, 3.63) is 35.4 Å². The van der Waals surface area contributed by atoms with Crippen LogP contribution < -0.4 is 10.6 Å². The van der Waals surface area contributed by atoms with Crippen molar-refractivity contribution in [3.63, 3.8) is 0 Å². The molecule has 0 radical (unpaired) electrons. The minimum absolute atomic E-state index is 0. The summed E-state index contributed by atoms with van der Waals surface area (Å²) in [5.74, 6) is 0.372. The Morgan fingerprint density at radius 2 is 1.76 bits per heavy atom. The molecule has 1 unspecified atom stereocenters. The zero-order valence-electron chi connectivity index (χ0n) is 15.2. The third kappa shape index (κ3) is 9.29. The van der Waals surface area contributed by atoms with Gasteiger partial charge in [0.05, 0.1) is 12.5 Å². The van der Waals surface area contributed by atoms with E-state index in [0.29, 0.717) is 12.5 Å². The molecule has 0 amide bonds. The molecule has 0 bridgehead atoms. The summed E-state index contributed by atoms with van der Waals surface area (Å²) < 4.78 is 36.6. The van der Waals surface area contributed by atoms with E-state index in [1.54, 1.807) is 7.05 Å². The van der Waals surface area contributed by atoms with Crippen LogP contribution in [-0.2, 0) is 6.42 Å². The number of alkyl halides is 3. The number of guanidine groups is 1. The highest BCUT2D eigenvalue weighted by Gasteiger charge is 2.26. The van der Waals surface area contributed by atoms with Crippen LogP contribution in [0, 0.1) is 0 Å². The van der Waals surface area contributed by atoms with E-state index in [9.17, 15) is 13.2 Å². The van der Waals surface area contributed by atoms with Crippen molar-refractivity contribution < 1.29 is 13.2 Å². The highest BCUT2D eigenvalue weighted by atomic mass is 127. The smallest absolute Gasteiger partial charge is 0.356 e. The second kappa shape index (κ2) is 11.6. The van der Waals surface area contributed by atoms with Crippen molar-refractivity contribution in [1.82, 2.24) is 15.5 Å². The number of aliphatic imine (C=N–C) groups is 1. The van der Waals surface area contributed by atoms with Crippen LogP contribution in [-0.4, -0.2) is 51.3 Å². The van der Waals surface area contributed by atoms with Gasteiger partial charge in [-0.15, -0.1) is 24.0 Å². The van der Waals surface area contributed by atoms with Crippen LogP contribution in [0.5, 0.6) is 0 Å². The van der Waals surface area contributed by atoms with Gasteiger partial charge in [0.25, 0.3) is 0 Å². The molecule has 8 heteroatoms. The van der Waals surface area contributed by atoms with Gasteiger partial charge in [-0.05, 0) is 31.6 Å². The molecule has 1 rings (SSSR count). The van der Waals surface area contributed by atoms with Crippen LogP contribution in [0.3, 0.4) is 0 Å². The Morgan fingerprint density at radius 3 is 2.20 bits per heavy atom. The monoisotopic (exact) mass is 472 g/mol. The largest absolute Gasteiger partial charge is 0.390 e. The summed E-state index contributed by atoms with van der Waals surface area (Å²) in [7, 11) is 5.49. The minimum atomic E-state index is -4.17. The molecule has 0 saturated carbocycles. The standard InChI is InChI=1S/C17H27F3N4.HI/c1-5-13-6-8-14(9-7-13)15(24(3)4)12-23-16(21-2)22-11-10-17(18,19)20;/h6-9,15H,5,10-12H2,1-4H3,(H2,21,22,23);1H. The van der Waals surface area contributed by atoms with Gasteiger partial charge in [-0.2, -0.15) is 13.2 Å². The minimum Gasteiger partial charge on any atom is -0.356 e. The number of nitrogens with zero attached hydrogens (tertiary/aromatic N) is 2. The highest BCUT2D eigenvalue weighted by molar-refractivity contribution is 14.0. The summed E-state index contributed by atoms with van der Waals surface area (Å²) in [6.45, 7) is 2.46. The molecule has 1 aromatic carbocycles. The molecule has 0 aromatic heterocycles. The predicted octanol–water partition coefficient (Wildman–Crippen LogP) is 3.59. The zero-order valence-corrected chi connectivity index (χ0v) is 17.5. The van der Waals surface area contributed by atoms with Gasteiger partial charge in [0.15, 0.2) is 5.96 Å². The van der Waals surface area contributed by atoms with E-state index < -0.39 is 12.6 Å². The van der Waals surface area contributed by atoms with Gasteiger partial charge in [-0.3, -0.25) is 4.99 Å². The summed E-state index contributed by atoms with van der Waals surface area (Å²) in [6.07, 6.45) is -4.07. The number of aryl methyl sites for hydroxylation is 1. The van der Waals surface area contributed by atoms with E-state index in [0.717, 1.165) is 12.0 Å². The van der Waals surface area contributed by atoms with Crippen LogP contribution in [0.15, 0.2) is 29.3 Å². The molecule has 0 saturated heterocycles. The lowest BCUT2D eigenvalue weighted by atomic mass is 10.0. The Hall–Kier alpha value is -1.03. The maximum atomic E-state index is 12.2. The lowest BCUT2D eigenvalue weighted by Gasteiger charge is -2.26.